The number of carboxylic acids is 1. The average molecular weight is 516 g/mol. The van der Waals surface area contributed by atoms with Crippen molar-refractivity contribution >= 4 is 45.8 Å². The zero-order chi connectivity index (χ0) is 21.1. The summed E-state index contributed by atoms with van der Waals surface area (Å²) in [7, 11) is 0. The highest BCUT2D eigenvalue weighted by Crippen LogP contribution is 2.31. The fourth-order valence-electron chi connectivity index (χ4n) is 3.09. The lowest BCUT2D eigenvalue weighted by Crippen LogP contribution is -2.32. The summed E-state index contributed by atoms with van der Waals surface area (Å²) >= 11 is 2.11. The number of ether oxygens (including phenoxy) is 1. The molecule has 0 bridgehead atoms. The average Bonchev–Trinajstić information content (AvgIpc) is 3.19. The molecule has 6 nitrogen and oxygen atoms in total. The van der Waals surface area contributed by atoms with Crippen molar-refractivity contribution in [2.75, 3.05) is 18.5 Å². The summed E-state index contributed by atoms with van der Waals surface area (Å²) in [5.74, 6) is -5.21. The van der Waals surface area contributed by atoms with Gasteiger partial charge >= 0.3 is 5.97 Å². The van der Waals surface area contributed by atoms with Gasteiger partial charge in [-0.3, -0.25) is 4.79 Å². The molecule has 2 aromatic rings. The molecule has 0 saturated carbocycles. The lowest BCUT2D eigenvalue weighted by molar-refractivity contribution is 0.0697. The predicted molar refractivity (Wildman–Crippen MR) is 112 cm³/mol. The van der Waals surface area contributed by atoms with Crippen LogP contribution >= 0.6 is 22.6 Å². The van der Waals surface area contributed by atoms with E-state index in [4.69, 9.17) is 4.74 Å². The van der Waals surface area contributed by atoms with E-state index in [2.05, 4.69) is 33.2 Å². The third-order valence-corrected chi connectivity index (χ3v) is 5.32. The zero-order valence-corrected chi connectivity index (χ0v) is 17.7. The molecule has 0 aliphatic carbocycles. The second-order valence-electron chi connectivity index (χ2n) is 6.71. The molecule has 1 unspecified atom stereocenters. The van der Waals surface area contributed by atoms with Gasteiger partial charge in [-0.05, 0) is 72.2 Å². The molecule has 1 aliphatic rings. The molecule has 9 heteroatoms. The second-order valence-corrected chi connectivity index (χ2v) is 7.95. The van der Waals surface area contributed by atoms with Crippen molar-refractivity contribution in [3.63, 3.8) is 0 Å². The van der Waals surface area contributed by atoms with Gasteiger partial charge in [0.1, 0.15) is 0 Å². The van der Waals surface area contributed by atoms with Gasteiger partial charge in [0.15, 0.2) is 11.6 Å². The van der Waals surface area contributed by atoms with E-state index in [1.807, 2.05) is 6.07 Å². The lowest BCUT2D eigenvalue weighted by atomic mass is 10.0. The number of hydrogen-bond acceptors (Lipinski definition) is 4. The van der Waals surface area contributed by atoms with Gasteiger partial charge in [-0.25, -0.2) is 13.6 Å². The first kappa shape index (κ1) is 21.4. The van der Waals surface area contributed by atoms with E-state index in [-0.39, 0.29) is 12.6 Å². The first-order valence-electron chi connectivity index (χ1n) is 8.96. The molecule has 1 saturated heterocycles. The van der Waals surface area contributed by atoms with Crippen LogP contribution in [0.5, 0.6) is 0 Å². The number of benzene rings is 2. The number of nitrogens with one attached hydrogen (secondary N) is 2. The molecule has 1 amide bonds. The number of hydrogen-bond donors (Lipinski definition) is 3. The summed E-state index contributed by atoms with van der Waals surface area (Å²) in [6.07, 6.45) is 1.44. The number of anilines is 2. The Balaban J connectivity index is 1.92. The minimum absolute atomic E-state index is 0.143. The molecular weight excluding hydrogens is 497 g/mol. The smallest absolute Gasteiger partial charge is 0.337 e. The van der Waals surface area contributed by atoms with Crippen LogP contribution in [0.1, 0.15) is 39.1 Å². The number of carboxylic acid groups (broad SMARTS) is 1. The Bertz CT molecular complexity index is 962. The van der Waals surface area contributed by atoms with Gasteiger partial charge in [-0.1, -0.05) is 0 Å². The minimum atomic E-state index is -1.48. The van der Waals surface area contributed by atoms with Crippen LogP contribution in [0, 0.1) is 22.1 Å². The molecule has 1 atom stereocenters. The third-order valence-electron chi connectivity index (χ3n) is 4.64. The number of rotatable bonds is 6. The van der Waals surface area contributed by atoms with Crippen LogP contribution in [0.25, 0.3) is 0 Å². The number of carbonyl (C=O) groups is 2. The number of aromatic carboxylic acids is 1. The van der Waals surface area contributed by atoms with Gasteiger partial charge in [0, 0.05) is 22.4 Å². The maximum absolute atomic E-state index is 14.8. The van der Waals surface area contributed by atoms with Crippen LogP contribution in [0.4, 0.5) is 20.2 Å². The van der Waals surface area contributed by atoms with Crippen LogP contribution in [-0.2, 0) is 4.74 Å². The highest BCUT2D eigenvalue weighted by Gasteiger charge is 2.26. The van der Waals surface area contributed by atoms with E-state index >= 15 is 0 Å². The van der Waals surface area contributed by atoms with Crippen molar-refractivity contribution in [2.24, 2.45) is 0 Å². The number of aryl methyl sites for hydroxylation is 1. The summed E-state index contributed by atoms with van der Waals surface area (Å²) in [5.41, 5.74) is -0.574. The van der Waals surface area contributed by atoms with Crippen molar-refractivity contribution in [3.8, 4) is 0 Å². The zero-order valence-electron chi connectivity index (χ0n) is 15.5. The third kappa shape index (κ3) is 4.84. The maximum atomic E-state index is 14.8. The van der Waals surface area contributed by atoms with Gasteiger partial charge in [-0.2, -0.15) is 0 Å². The molecule has 1 fully saturated rings. The van der Waals surface area contributed by atoms with Gasteiger partial charge in [0.25, 0.3) is 5.91 Å². The van der Waals surface area contributed by atoms with Crippen LogP contribution < -0.4 is 10.6 Å². The molecule has 1 heterocycles. The van der Waals surface area contributed by atoms with Crippen LogP contribution in [-0.4, -0.2) is 36.2 Å². The van der Waals surface area contributed by atoms with E-state index in [1.165, 1.54) is 0 Å². The van der Waals surface area contributed by atoms with Gasteiger partial charge in [-0.15, -0.1) is 0 Å². The predicted octanol–water partition coefficient (Wildman–Crippen LogP) is 4.23. The Morgan fingerprint density at radius 2 is 2.00 bits per heavy atom. The molecule has 2 aromatic carbocycles. The molecular formula is C20H19F2IN2O4. The largest absolute Gasteiger partial charge is 0.478 e. The molecule has 29 heavy (non-hydrogen) atoms. The van der Waals surface area contributed by atoms with Gasteiger partial charge in [0.05, 0.1) is 22.9 Å². The standard InChI is InChI=1S/C20H19F2IN2O4/c1-10-7-11(23)4-5-15(10)25-18-14(20(27)28)8-13(16(21)17(18)22)19(26)24-9-12-3-2-6-29-12/h4-5,7-8,12,25H,2-3,6,9H2,1H3,(H,24,26)(H,27,28). The van der Waals surface area contributed by atoms with E-state index < -0.39 is 40.3 Å². The van der Waals surface area contributed by atoms with Crippen molar-refractivity contribution in [2.45, 2.75) is 25.9 Å². The van der Waals surface area contributed by atoms with Crippen LogP contribution in [0.15, 0.2) is 24.3 Å². The summed E-state index contributed by atoms with van der Waals surface area (Å²) in [5, 5.41) is 14.6. The molecule has 0 aromatic heterocycles. The first-order chi connectivity index (χ1) is 13.8. The molecule has 1 aliphatic heterocycles. The van der Waals surface area contributed by atoms with Crippen molar-refractivity contribution in [1.82, 2.24) is 5.32 Å². The van der Waals surface area contributed by atoms with Crippen molar-refractivity contribution < 1.29 is 28.2 Å². The Morgan fingerprint density at radius 3 is 2.62 bits per heavy atom. The molecule has 3 N–H and O–H groups in total. The fourth-order valence-corrected chi connectivity index (χ4v) is 3.74. The minimum Gasteiger partial charge on any atom is -0.478 e. The fraction of sp³-hybridized carbons (Fsp3) is 0.300. The normalized spacial score (nSPS) is 15.9. The monoisotopic (exact) mass is 516 g/mol. The van der Waals surface area contributed by atoms with E-state index in [1.54, 1.807) is 19.1 Å². The Morgan fingerprint density at radius 1 is 1.24 bits per heavy atom. The number of halogens is 3. The molecule has 154 valence electrons. The molecule has 0 radical (unpaired) electrons. The van der Waals surface area contributed by atoms with Crippen LogP contribution in [0.3, 0.4) is 0 Å². The van der Waals surface area contributed by atoms with E-state index in [9.17, 15) is 23.5 Å². The highest BCUT2D eigenvalue weighted by molar-refractivity contribution is 14.1. The maximum Gasteiger partial charge on any atom is 0.337 e. The summed E-state index contributed by atoms with van der Waals surface area (Å²) < 4.78 is 35.7. The Kier molecular flexibility index (Phi) is 6.68. The number of carbonyl (C=O) groups excluding carboxylic acids is 1. The Hall–Kier alpha value is -2.27. The van der Waals surface area contributed by atoms with Crippen LogP contribution in [0.2, 0.25) is 0 Å². The van der Waals surface area contributed by atoms with Crippen molar-refractivity contribution in [3.05, 3.63) is 56.2 Å². The Labute approximate surface area is 179 Å². The summed E-state index contributed by atoms with van der Waals surface area (Å²) in [4.78, 5) is 24.0. The van der Waals surface area contributed by atoms with E-state index in [0.29, 0.717) is 12.3 Å². The second kappa shape index (κ2) is 9.04. The van der Waals surface area contributed by atoms with Gasteiger partial charge < -0.3 is 20.5 Å². The quantitative estimate of drug-likeness (QED) is 0.501. The molecule has 0 spiro atoms. The van der Waals surface area contributed by atoms with Gasteiger partial charge in [0.2, 0.25) is 0 Å². The molecule has 3 rings (SSSR count). The van der Waals surface area contributed by atoms with Crippen molar-refractivity contribution in [1.29, 1.82) is 0 Å². The lowest BCUT2D eigenvalue weighted by Gasteiger charge is -2.16. The van der Waals surface area contributed by atoms with E-state index in [0.717, 1.165) is 28.0 Å². The highest BCUT2D eigenvalue weighted by atomic mass is 127. The number of amides is 1. The first-order valence-corrected chi connectivity index (χ1v) is 10.0. The summed E-state index contributed by atoms with van der Waals surface area (Å²) in [6.45, 7) is 2.49. The topological polar surface area (TPSA) is 87.7 Å². The summed E-state index contributed by atoms with van der Waals surface area (Å²) in [6, 6.07) is 6.04. The SMILES string of the molecule is Cc1cc(I)ccc1Nc1c(C(=O)O)cc(C(=O)NCC2CCCO2)c(F)c1F.